The molecule has 0 aliphatic rings. The van der Waals surface area contributed by atoms with Crippen LogP contribution < -0.4 is 0 Å². The van der Waals surface area contributed by atoms with Gasteiger partial charge in [-0.2, -0.15) is 0 Å². The molecular weight excluding hydrogens is 687 g/mol. The van der Waals surface area contributed by atoms with Gasteiger partial charge in [-0.3, -0.25) is 0 Å². The average molecular weight is 716 g/mol. The summed E-state index contributed by atoms with van der Waals surface area (Å²) < 4.78 is 12.7. The van der Waals surface area contributed by atoms with Crippen LogP contribution in [0.3, 0.4) is 0 Å². The lowest BCUT2D eigenvalue weighted by Crippen LogP contribution is -2.00. The molecule has 0 fully saturated rings. The molecule has 3 heterocycles. The van der Waals surface area contributed by atoms with E-state index in [4.69, 9.17) is 23.8 Å². The summed E-state index contributed by atoms with van der Waals surface area (Å²) in [4.78, 5) is 15.3. The highest BCUT2D eigenvalue weighted by Crippen LogP contribution is 2.40. The summed E-state index contributed by atoms with van der Waals surface area (Å²) in [6.45, 7) is 0. The molecule has 0 bridgehead atoms. The minimum absolute atomic E-state index is 0.568. The number of hydrogen-bond acceptors (Lipinski definition) is 5. The molecule has 0 aliphatic heterocycles. The van der Waals surface area contributed by atoms with Crippen LogP contribution in [0.25, 0.3) is 121 Å². The molecule has 0 radical (unpaired) electrons. The van der Waals surface area contributed by atoms with Crippen LogP contribution in [0.4, 0.5) is 0 Å². The zero-order valence-corrected chi connectivity index (χ0v) is 29.9. The smallest absolute Gasteiger partial charge is 0.164 e. The summed E-state index contributed by atoms with van der Waals surface area (Å²) in [6, 6.07) is 61.2. The molecule has 3 aromatic heterocycles. The molecule has 9 aromatic carbocycles. The van der Waals surface area contributed by atoms with E-state index in [0.29, 0.717) is 17.5 Å². The van der Waals surface area contributed by atoms with Gasteiger partial charge in [-0.15, -0.1) is 0 Å². The third-order valence-electron chi connectivity index (χ3n) is 11.1. The Morgan fingerprint density at radius 3 is 1.77 bits per heavy atom. The predicted octanol–water partition coefficient (Wildman–Crippen LogP) is 13.8. The molecule has 0 saturated heterocycles. The summed E-state index contributed by atoms with van der Waals surface area (Å²) in [5.74, 6) is 1.73. The lowest BCUT2D eigenvalue weighted by atomic mass is 9.94. The van der Waals surface area contributed by atoms with Crippen molar-refractivity contribution in [1.82, 2.24) is 15.0 Å². The summed E-state index contributed by atoms with van der Waals surface area (Å²) in [6.07, 6.45) is 0. The van der Waals surface area contributed by atoms with Gasteiger partial charge in [-0.1, -0.05) is 133 Å². The normalized spacial score (nSPS) is 11.9. The van der Waals surface area contributed by atoms with Crippen LogP contribution in [-0.4, -0.2) is 15.0 Å². The number of benzene rings is 9. The largest absolute Gasteiger partial charge is 0.456 e. The maximum atomic E-state index is 6.48. The standard InChI is InChI=1S/C51H29N3O2/c1-2-10-31(11-3-1)49-52-50(35-20-25-41-40-13-6-7-15-44(40)56-47(41)29-35)54-51(53-49)42-14-8-16-46-48(42)43-28-33(21-26-45(43)55-46)32-18-22-37-34(27-32)19-24-38-36-12-5-4-9-30(36)17-23-39(37)38/h1-29H. The first-order chi connectivity index (χ1) is 27.7. The van der Waals surface area contributed by atoms with E-state index >= 15 is 0 Å². The average Bonchev–Trinajstić information content (AvgIpc) is 3.84. The van der Waals surface area contributed by atoms with E-state index in [9.17, 15) is 0 Å². The van der Waals surface area contributed by atoms with Crippen LogP contribution in [0.15, 0.2) is 185 Å². The van der Waals surface area contributed by atoms with Gasteiger partial charge in [0.05, 0.1) is 0 Å². The molecule has 5 nitrogen and oxygen atoms in total. The number of fused-ring (bicyclic) bond motifs is 11. The van der Waals surface area contributed by atoms with Gasteiger partial charge in [0.1, 0.15) is 22.3 Å². The first-order valence-corrected chi connectivity index (χ1v) is 18.8. The maximum absolute atomic E-state index is 6.48. The van der Waals surface area contributed by atoms with Gasteiger partial charge in [-0.25, -0.2) is 15.0 Å². The molecule has 0 spiro atoms. The molecule has 56 heavy (non-hydrogen) atoms. The lowest BCUT2D eigenvalue weighted by Gasteiger charge is -2.10. The van der Waals surface area contributed by atoms with E-state index in [0.717, 1.165) is 71.7 Å². The fourth-order valence-electron chi connectivity index (χ4n) is 8.41. The van der Waals surface area contributed by atoms with E-state index < -0.39 is 0 Å². The van der Waals surface area contributed by atoms with Gasteiger partial charge in [0.15, 0.2) is 17.5 Å². The van der Waals surface area contributed by atoms with E-state index in [-0.39, 0.29) is 0 Å². The third kappa shape index (κ3) is 4.78. The zero-order valence-electron chi connectivity index (χ0n) is 29.9. The molecular formula is C51H29N3O2. The molecule has 0 unspecified atom stereocenters. The van der Waals surface area contributed by atoms with Crippen molar-refractivity contribution in [3.8, 4) is 45.3 Å². The van der Waals surface area contributed by atoms with Gasteiger partial charge in [-0.05, 0) is 85.9 Å². The highest BCUT2D eigenvalue weighted by atomic mass is 16.3. The molecule has 0 amide bonds. The first-order valence-electron chi connectivity index (χ1n) is 18.8. The Bertz CT molecular complexity index is 3550. The Morgan fingerprint density at radius 2 is 0.875 bits per heavy atom. The lowest BCUT2D eigenvalue weighted by molar-refractivity contribution is 0.668. The molecule has 0 saturated carbocycles. The van der Waals surface area contributed by atoms with Crippen molar-refractivity contribution in [2.24, 2.45) is 0 Å². The third-order valence-corrected chi connectivity index (χ3v) is 11.1. The van der Waals surface area contributed by atoms with Crippen LogP contribution in [-0.2, 0) is 0 Å². The number of rotatable bonds is 4. The highest BCUT2D eigenvalue weighted by molar-refractivity contribution is 6.18. The molecule has 12 aromatic rings. The van der Waals surface area contributed by atoms with Gasteiger partial charge < -0.3 is 8.83 Å². The van der Waals surface area contributed by atoms with Gasteiger partial charge >= 0.3 is 0 Å². The molecule has 5 heteroatoms. The molecule has 260 valence electrons. The van der Waals surface area contributed by atoms with Crippen molar-refractivity contribution in [3.63, 3.8) is 0 Å². The van der Waals surface area contributed by atoms with Crippen molar-refractivity contribution in [3.05, 3.63) is 176 Å². The number of aromatic nitrogens is 3. The summed E-state index contributed by atoms with van der Waals surface area (Å²) >= 11 is 0. The van der Waals surface area contributed by atoms with Crippen LogP contribution in [0, 0.1) is 0 Å². The van der Waals surface area contributed by atoms with Gasteiger partial charge in [0.25, 0.3) is 0 Å². The van der Waals surface area contributed by atoms with Crippen LogP contribution in [0.2, 0.25) is 0 Å². The summed E-state index contributed by atoms with van der Waals surface area (Å²) in [5, 5.41) is 11.6. The first kappa shape index (κ1) is 30.8. The molecule has 0 aliphatic carbocycles. The fourth-order valence-corrected chi connectivity index (χ4v) is 8.41. The molecule has 12 rings (SSSR count). The minimum Gasteiger partial charge on any atom is -0.456 e. The van der Waals surface area contributed by atoms with E-state index in [1.807, 2.05) is 66.7 Å². The molecule has 0 N–H and O–H groups in total. The van der Waals surface area contributed by atoms with Gasteiger partial charge in [0.2, 0.25) is 0 Å². The SMILES string of the molecule is c1ccc(-c2nc(-c3ccc4c(c3)oc3ccccc34)nc(-c3cccc4oc5ccc(-c6ccc7c(ccc8c9ccccc9ccc78)c6)cc5c34)n2)cc1. The topological polar surface area (TPSA) is 65.0 Å². The molecule has 0 atom stereocenters. The monoisotopic (exact) mass is 715 g/mol. The Balaban J connectivity index is 1.02. The number of para-hydroxylation sites is 1. The maximum Gasteiger partial charge on any atom is 0.164 e. The van der Waals surface area contributed by atoms with E-state index in [1.54, 1.807) is 0 Å². The van der Waals surface area contributed by atoms with Gasteiger partial charge in [0, 0.05) is 38.2 Å². The number of hydrogen-bond donors (Lipinski definition) is 0. The fraction of sp³-hybridized carbons (Fsp3) is 0. The Morgan fingerprint density at radius 1 is 0.286 bits per heavy atom. The zero-order chi connectivity index (χ0) is 36.7. The quantitative estimate of drug-likeness (QED) is 0.170. The second kappa shape index (κ2) is 11.9. The minimum atomic E-state index is 0.568. The number of furan rings is 2. The second-order valence-electron chi connectivity index (χ2n) is 14.4. The second-order valence-corrected chi connectivity index (χ2v) is 14.4. The summed E-state index contributed by atoms with van der Waals surface area (Å²) in [5.41, 5.74) is 8.11. The Kier molecular flexibility index (Phi) is 6.56. The van der Waals surface area contributed by atoms with Crippen LogP contribution >= 0.6 is 0 Å². The predicted molar refractivity (Wildman–Crippen MR) is 229 cm³/mol. The van der Waals surface area contributed by atoms with Crippen LogP contribution in [0.5, 0.6) is 0 Å². The van der Waals surface area contributed by atoms with Crippen LogP contribution in [0.1, 0.15) is 0 Å². The van der Waals surface area contributed by atoms with Crippen molar-refractivity contribution in [1.29, 1.82) is 0 Å². The summed E-state index contributed by atoms with van der Waals surface area (Å²) in [7, 11) is 0. The van der Waals surface area contributed by atoms with Crippen molar-refractivity contribution >= 4 is 76.2 Å². The van der Waals surface area contributed by atoms with Crippen molar-refractivity contribution in [2.45, 2.75) is 0 Å². The Hall–Kier alpha value is -7.63. The van der Waals surface area contributed by atoms with Crippen molar-refractivity contribution < 1.29 is 8.83 Å². The van der Waals surface area contributed by atoms with Crippen molar-refractivity contribution in [2.75, 3.05) is 0 Å². The van der Waals surface area contributed by atoms with E-state index in [2.05, 4.69) is 109 Å². The Labute approximate surface area is 320 Å². The van der Waals surface area contributed by atoms with E-state index in [1.165, 1.54) is 32.3 Å². The number of nitrogens with zero attached hydrogens (tertiary/aromatic N) is 3. The highest BCUT2D eigenvalue weighted by Gasteiger charge is 2.19.